The van der Waals surface area contributed by atoms with E-state index in [2.05, 4.69) is 15.5 Å². The van der Waals surface area contributed by atoms with Crippen molar-refractivity contribution >= 4 is 22.9 Å². The summed E-state index contributed by atoms with van der Waals surface area (Å²) in [5.41, 5.74) is 1.62. The Morgan fingerprint density at radius 2 is 2.08 bits per heavy atom. The second kappa shape index (κ2) is 7.05. The van der Waals surface area contributed by atoms with Gasteiger partial charge in [0.1, 0.15) is 0 Å². The van der Waals surface area contributed by atoms with Gasteiger partial charge in [-0.05, 0) is 30.0 Å². The lowest BCUT2D eigenvalue weighted by atomic mass is 10.1. The van der Waals surface area contributed by atoms with Crippen LogP contribution < -0.4 is 5.32 Å². The Morgan fingerprint density at radius 1 is 1.29 bits per heavy atom. The Kier molecular flexibility index (Phi) is 4.66. The first-order chi connectivity index (χ1) is 11.6. The quantitative estimate of drug-likeness (QED) is 0.531. The van der Waals surface area contributed by atoms with Crippen LogP contribution in [0.5, 0.6) is 0 Å². The van der Waals surface area contributed by atoms with Gasteiger partial charge in [-0.1, -0.05) is 6.07 Å². The third kappa shape index (κ3) is 3.49. The third-order valence-corrected chi connectivity index (χ3v) is 4.42. The largest absolute Gasteiger partial charge is 0.352 e. The van der Waals surface area contributed by atoms with E-state index in [-0.39, 0.29) is 11.6 Å². The first-order valence-corrected chi connectivity index (χ1v) is 8.12. The van der Waals surface area contributed by atoms with E-state index in [9.17, 15) is 14.9 Å². The standard InChI is InChI=1S/C16H14N4O3S/c21-16(17-8-7-13-2-1-9-24-13)14-10-18-19-15(14)11-3-5-12(6-4-11)20(22)23/h1-6,9-10H,7-8H2,(H,17,21)(H,18,19). The molecule has 3 aromatic rings. The summed E-state index contributed by atoms with van der Waals surface area (Å²) in [6, 6.07) is 9.98. The van der Waals surface area contributed by atoms with E-state index in [1.807, 2.05) is 17.5 Å². The minimum absolute atomic E-state index is 0.000199. The van der Waals surface area contributed by atoms with Crippen molar-refractivity contribution in [3.63, 3.8) is 0 Å². The zero-order valence-electron chi connectivity index (χ0n) is 12.6. The highest BCUT2D eigenvalue weighted by Gasteiger charge is 2.16. The maximum Gasteiger partial charge on any atom is 0.269 e. The van der Waals surface area contributed by atoms with Crippen molar-refractivity contribution in [3.05, 3.63) is 68.5 Å². The van der Waals surface area contributed by atoms with Crippen LogP contribution in [0.3, 0.4) is 0 Å². The number of carbonyl (C=O) groups is 1. The number of nitro groups is 1. The molecule has 24 heavy (non-hydrogen) atoms. The number of nitro benzene ring substituents is 1. The van der Waals surface area contributed by atoms with Crippen LogP contribution in [-0.4, -0.2) is 27.6 Å². The molecule has 0 radical (unpaired) electrons. The molecule has 0 atom stereocenters. The van der Waals surface area contributed by atoms with E-state index in [1.165, 1.54) is 23.2 Å². The number of aromatic nitrogens is 2. The van der Waals surface area contributed by atoms with Gasteiger partial charge in [-0.3, -0.25) is 20.0 Å². The minimum atomic E-state index is -0.463. The molecular formula is C16H14N4O3S. The highest BCUT2D eigenvalue weighted by atomic mass is 32.1. The Bertz CT molecular complexity index is 841. The van der Waals surface area contributed by atoms with Gasteiger partial charge >= 0.3 is 0 Å². The first-order valence-electron chi connectivity index (χ1n) is 7.24. The summed E-state index contributed by atoms with van der Waals surface area (Å²) >= 11 is 1.65. The van der Waals surface area contributed by atoms with Gasteiger partial charge in [0.15, 0.2) is 0 Å². The number of H-pyrrole nitrogens is 1. The SMILES string of the molecule is O=C(NCCc1cccs1)c1cn[nH]c1-c1ccc([N+](=O)[O-])cc1. The summed E-state index contributed by atoms with van der Waals surface area (Å²) in [6.45, 7) is 0.532. The number of nitrogens with zero attached hydrogens (tertiary/aromatic N) is 2. The van der Waals surface area contributed by atoms with Crippen LogP contribution in [0.15, 0.2) is 48.0 Å². The molecule has 0 aliphatic carbocycles. The summed E-state index contributed by atoms with van der Waals surface area (Å²) in [7, 11) is 0. The number of carbonyl (C=O) groups excluding carboxylic acids is 1. The van der Waals surface area contributed by atoms with E-state index in [0.717, 1.165) is 6.42 Å². The number of hydrogen-bond acceptors (Lipinski definition) is 5. The number of benzene rings is 1. The maximum absolute atomic E-state index is 12.3. The Hall–Kier alpha value is -3.00. The van der Waals surface area contributed by atoms with Crippen molar-refractivity contribution in [1.82, 2.24) is 15.5 Å². The van der Waals surface area contributed by atoms with Gasteiger partial charge in [-0.15, -0.1) is 11.3 Å². The number of thiophene rings is 1. The number of non-ortho nitro benzene ring substituents is 1. The Morgan fingerprint density at radius 3 is 2.75 bits per heavy atom. The van der Waals surface area contributed by atoms with Gasteiger partial charge in [-0.2, -0.15) is 5.10 Å². The first kappa shape index (κ1) is 15.9. The summed E-state index contributed by atoms with van der Waals surface area (Å²) in [5.74, 6) is -0.228. The van der Waals surface area contributed by atoms with Gasteiger partial charge in [0.2, 0.25) is 0 Å². The maximum atomic E-state index is 12.3. The van der Waals surface area contributed by atoms with Crippen molar-refractivity contribution in [1.29, 1.82) is 0 Å². The van der Waals surface area contributed by atoms with Gasteiger partial charge in [0.05, 0.1) is 22.4 Å². The predicted molar refractivity (Wildman–Crippen MR) is 91.0 cm³/mol. The van der Waals surface area contributed by atoms with E-state index in [4.69, 9.17) is 0 Å². The number of aromatic amines is 1. The molecule has 1 aromatic carbocycles. The average Bonchev–Trinajstić information content (AvgIpc) is 3.26. The lowest BCUT2D eigenvalue weighted by molar-refractivity contribution is -0.384. The molecule has 3 rings (SSSR count). The number of amides is 1. The molecule has 0 spiro atoms. The second-order valence-corrected chi connectivity index (χ2v) is 6.08. The molecule has 0 aliphatic heterocycles. The third-order valence-electron chi connectivity index (χ3n) is 3.49. The van der Waals surface area contributed by atoms with Gasteiger partial charge in [0.25, 0.3) is 11.6 Å². The van der Waals surface area contributed by atoms with E-state index >= 15 is 0 Å². The zero-order valence-corrected chi connectivity index (χ0v) is 13.4. The summed E-state index contributed by atoms with van der Waals surface area (Å²) in [5, 5.41) is 22.3. The molecule has 0 unspecified atom stereocenters. The van der Waals surface area contributed by atoms with Crippen LogP contribution in [0, 0.1) is 10.1 Å². The summed E-state index contributed by atoms with van der Waals surface area (Å²) < 4.78 is 0. The molecule has 2 N–H and O–H groups in total. The number of hydrogen-bond donors (Lipinski definition) is 2. The molecule has 2 heterocycles. The molecule has 2 aromatic heterocycles. The highest BCUT2D eigenvalue weighted by Crippen LogP contribution is 2.23. The molecule has 0 saturated heterocycles. The smallest absolute Gasteiger partial charge is 0.269 e. The lowest BCUT2D eigenvalue weighted by Crippen LogP contribution is -2.25. The minimum Gasteiger partial charge on any atom is -0.352 e. The number of rotatable bonds is 6. The zero-order chi connectivity index (χ0) is 16.9. The van der Waals surface area contributed by atoms with Crippen LogP contribution in [0.2, 0.25) is 0 Å². The molecule has 8 heteroatoms. The summed E-state index contributed by atoms with van der Waals surface area (Å²) in [6.07, 6.45) is 2.23. The van der Waals surface area contributed by atoms with Crippen molar-refractivity contribution in [2.75, 3.05) is 6.54 Å². The Labute approximate surface area is 141 Å². The lowest BCUT2D eigenvalue weighted by Gasteiger charge is -2.05. The molecule has 0 aliphatic rings. The van der Waals surface area contributed by atoms with Crippen LogP contribution in [0.1, 0.15) is 15.2 Å². The number of nitrogens with one attached hydrogen (secondary N) is 2. The van der Waals surface area contributed by atoms with Crippen LogP contribution >= 0.6 is 11.3 Å². The molecule has 122 valence electrons. The van der Waals surface area contributed by atoms with Gasteiger partial charge in [-0.25, -0.2) is 0 Å². The van der Waals surface area contributed by atoms with Gasteiger partial charge < -0.3 is 5.32 Å². The molecule has 0 saturated carbocycles. The van der Waals surface area contributed by atoms with Crippen molar-refractivity contribution < 1.29 is 9.72 Å². The van der Waals surface area contributed by atoms with E-state index < -0.39 is 4.92 Å². The second-order valence-electron chi connectivity index (χ2n) is 5.05. The molecule has 7 nitrogen and oxygen atoms in total. The highest BCUT2D eigenvalue weighted by molar-refractivity contribution is 7.09. The van der Waals surface area contributed by atoms with Crippen molar-refractivity contribution in [3.8, 4) is 11.3 Å². The topological polar surface area (TPSA) is 101 Å². The fourth-order valence-corrected chi connectivity index (χ4v) is 2.99. The van der Waals surface area contributed by atoms with Crippen LogP contribution in [-0.2, 0) is 6.42 Å². The normalized spacial score (nSPS) is 10.5. The fourth-order valence-electron chi connectivity index (χ4n) is 2.28. The average molecular weight is 342 g/mol. The van der Waals surface area contributed by atoms with Gasteiger partial charge in [0, 0.05) is 29.1 Å². The summed E-state index contributed by atoms with van der Waals surface area (Å²) in [4.78, 5) is 23.8. The molecule has 0 fully saturated rings. The predicted octanol–water partition coefficient (Wildman–Crippen LogP) is 3.02. The Balaban J connectivity index is 1.69. The van der Waals surface area contributed by atoms with Crippen LogP contribution in [0.4, 0.5) is 5.69 Å². The molecule has 0 bridgehead atoms. The molecule has 1 amide bonds. The van der Waals surface area contributed by atoms with Crippen LogP contribution in [0.25, 0.3) is 11.3 Å². The van der Waals surface area contributed by atoms with Crippen molar-refractivity contribution in [2.24, 2.45) is 0 Å². The fraction of sp³-hybridized carbons (Fsp3) is 0.125. The van der Waals surface area contributed by atoms with E-state index in [0.29, 0.717) is 23.4 Å². The molecular weight excluding hydrogens is 328 g/mol. The van der Waals surface area contributed by atoms with Crippen molar-refractivity contribution in [2.45, 2.75) is 6.42 Å². The monoisotopic (exact) mass is 342 g/mol. The van der Waals surface area contributed by atoms with E-state index in [1.54, 1.807) is 23.5 Å².